The summed E-state index contributed by atoms with van der Waals surface area (Å²) in [6.45, 7) is 9.41. The van der Waals surface area contributed by atoms with Crippen molar-refractivity contribution in [1.29, 1.82) is 0 Å². The van der Waals surface area contributed by atoms with Crippen molar-refractivity contribution in [3.63, 3.8) is 0 Å². The number of hydrogen-bond acceptors (Lipinski definition) is 5. The summed E-state index contributed by atoms with van der Waals surface area (Å²) in [7, 11) is 0. The van der Waals surface area contributed by atoms with Crippen LogP contribution in [-0.2, 0) is 13.1 Å². The van der Waals surface area contributed by atoms with Crippen LogP contribution in [-0.4, -0.2) is 50.8 Å². The molecule has 0 aliphatic carbocycles. The molecule has 0 saturated carbocycles. The van der Waals surface area contributed by atoms with Gasteiger partial charge in [-0.25, -0.2) is 4.68 Å². The minimum atomic E-state index is 0.621. The van der Waals surface area contributed by atoms with Gasteiger partial charge in [0, 0.05) is 19.1 Å². The molecular weight excluding hydrogens is 228 g/mol. The highest BCUT2D eigenvalue weighted by Gasteiger charge is 2.21. The topological polar surface area (TPSA) is 58.9 Å². The van der Waals surface area contributed by atoms with E-state index in [1.165, 1.54) is 12.8 Å². The third-order valence-electron chi connectivity index (χ3n) is 3.58. The molecule has 0 bridgehead atoms. The number of nitrogens with one attached hydrogen (secondary N) is 1. The molecule has 1 unspecified atom stereocenters. The van der Waals surface area contributed by atoms with E-state index < -0.39 is 0 Å². The van der Waals surface area contributed by atoms with Crippen molar-refractivity contribution in [2.45, 2.75) is 52.2 Å². The van der Waals surface area contributed by atoms with Crippen molar-refractivity contribution >= 4 is 0 Å². The Labute approximate surface area is 109 Å². The molecule has 1 atom stereocenters. The van der Waals surface area contributed by atoms with Crippen molar-refractivity contribution < 1.29 is 0 Å². The fourth-order valence-corrected chi connectivity index (χ4v) is 2.55. The number of rotatable bonds is 6. The molecule has 6 heteroatoms. The average Bonchev–Trinajstić information content (AvgIpc) is 2.85. The second kappa shape index (κ2) is 6.80. The van der Waals surface area contributed by atoms with Crippen LogP contribution < -0.4 is 5.32 Å². The average molecular weight is 252 g/mol. The highest BCUT2D eigenvalue weighted by molar-refractivity contribution is 4.85. The monoisotopic (exact) mass is 252 g/mol. The van der Waals surface area contributed by atoms with Gasteiger partial charge in [-0.3, -0.25) is 4.90 Å². The van der Waals surface area contributed by atoms with Gasteiger partial charge in [-0.15, -0.1) is 5.10 Å². The van der Waals surface area contributed by atoms with Crippen LogP contribution in [0.3, 0.4) is 0 Å². The van der Waals surface area contributed by atoms with E-state index in [0.29, 0.717) is 6.04 Å². The van der Waals surface area contributed by atoms with E-state index in [1.807, 2.05) is 4.68 Å². The van der Waals surface area contributed by atoms with Crippen molar-refractivity contribution in [2.75, 3.05) is 19.6 Å². The minimum Gasteiger partial charge on any atom is -0.315 e. The van der Waals surface area contributed by atoms with Crippen LogP contribution in [0.1, 0.15) is 38.9 Å². The lowest BCUT2D eigenvalue weighted by atomic mass is 10.1. The van der Waals surface area contributed by atoms with Gasteiger partial charge < -0.3 is 5.32 Å². The largest absolute Gasteiger partial charge is 0.315 e. The highest BCUT2D eigenvalue weighted by atomic mass is 15.5. The molecule has 18 heavy (non-hydrogen) atoms. The molecule has 1 aromatic heterocycles. The lowest BCUT2D eigenvalue weighted by molar-refractivity contribution is 0.159. The highest BCUT2D eigenvalue weighted by Crippen LogP contribution is 2.12. The fraction of sp³-hybridized carbons (Fsp3) is 0.917. The lowest BCUT2D eigenvalue weighted by Gasteiger charge is -2.33. The first-order valence-corrected chi connectivity index (χ1v) is 7.05. The Kier molecular flexibility index (Phi) is 5.07. The summed E-state index contributed by atoms with van der Waals surface area (Å²) in [6.07, 6.45) is 3.60. The lowest BCUT2D eigenvalue weighted by Crippen LogP contribution is -2.45. The zero-order chi connectivity index (χ0) is 12.8. The molecule has 1 aliphatic heterocycles. The summed E-state index contributed by atoms with van der Waals surface area (Å²) in [5, 5.41) is 15.5. The number of piperidine rings is 1. The normalized spacial score (nSPS) is 20.5. The first kappa shape index (κ1) is 13.4. The zero-order valence-electron chi connectivity index (χ0n) is 11.5. The van der Waals surface area contributed by atoms with Crippen LogP contribution in [0.15, 0.2) is 0 Å². The first-order chi connectivity index (χ1) is 8.85. The van der Waals surface area contributed by atoms with Crippen molar-refractivity contribution in [2.24, 2.45) is 0 Å². The molecule has 1 aromatic rings. The van der Waals surface area contributed by atoms with Gasteiger partial charge in [-0.1, -0.05) is 13.8 Å². The smallest absolute Gasteiger partial charge is 0.165 e. The summed E-state index contributed by atoms with van der Waals surface area (Å²) in [5.41, 5.74) is 0. The summed E-state index contributed by atoms with van der Waals surface area (Å²) in [4.78, 5) is 2.48. The van der Waals surface area contributed by atoms with Crippen LogP contribution in [0.4, 0.5) is 0 Å². The van der Waals surface area contributed by atoms with E-state index in [1.54, 1.807) is 0 Å². The third kappa shape index (κ3) is 3.26. The summed E-state index contributed by atoms with van der Waals surface area (Å²) < 4.78 is 1.93. The molecule has 0 radical (unpaired) electrons. The Morgan fingerprint density at radius 1 is 1.44 bits per heavy atom. The maximum Gasteiger partial charge on any atom is 0.165 e. The first-order valence-electron chi connectivity index (χ1n) is 7.05. The Morgan fingerprint density at radius 2 is 2.33 bits per heavy atom. The van der Waals surface area contributed by atoms with E-state index in [4.69, 9.17) is 0 Å². The molecule has 0 amide bonds. The van der Waals surface area contributed by atoms with Crippen molar-refractivity contribution in [3.8, 4) is 0 Å². The minimum absolute atomic E-state index is 0.621. The van der Waals surface area contributed by atoms with E-state index >= 15 is 0 Å². The van der Waals surface area contributed by atoms with Crippen LogP contribution in [0.2, 0.25) is 0 Å². The Morgan fingerprint density at radius 3 is 3.00 bits per heavy atom. The van der Waals surface area contributed by atoms with Crippen LogP contribution in [0.25, 0.3) is 0 Å². The van der Waals surface area contributed by atoms with Crippen LogP contribution >= 0.6 is 0 Å². The number of nitrogens with zero attached hydrogens (tertiary/aromatic N) is 5. The molecule has 2 rings (SSSR count). The molecule has 102 valence electrons. The van der Waals surface area contributed by atoms with E-state index in [2.05, 4.69) is 39.6 Å². The summed E-state index contributed by atoms with van der Waals surface area (Å²) in [6, 6.07) is 0.621. The van der Waals surface area contributed by atoms with E-state index in [9.17, 15) is 0 Å². The van der Waals surface area contributed by atoms with Gasteiger partial charge >= 0.3 is 0 Å². The summed E-state index contributed by atoms with van der Waals surface area (Å²) >= 11 is 0. The van der Waals surface area contributed by atoms with Gasteiger partial charge in [0.25, 0.3) is 0 Å². The molecule has 6 nitrogen and oxygen atoms in total. The Bertz CT molecular complexity index is 344. The maximum absolute atomic E-state index is 4.16. The van der Waals surface area contributed by atoms with Crippen LogP contribution in [0, 0.1) is 0 Å². The second-order valence-electron chi connectivity index (χ2n) is 4.88. The molecular formula is C12H24N6. The van der Waals surface area contributed by atoms with Crippen molar-refractivity contribution in [3.05, 3.63) is 5.82 Å². The quantitative estimate of drug-likeness (QED) is 0.806. The Balaban J connectivity index is 1.98. The zero-order valence-corrected chi connectivity index (χ0v) is 11.5. The standard InChI is InChI=1S/C12H24N6/c1-3-8-18-12(14-15-16-18)10-17(4-2)11-6-5-7-13-9-11/h11,13H,3-10H2,1-2H3. The van der Waals surface area contributed by atoms with Gasteiger partial charge in [0.2, 0.25) is 0 Å². The third-order valence-corrected chi connectivity index (χ3v) is 3.58. The second-order valence-corrected chi connectivity index (χ2v) is 4.88. The molecule has 1 saturated heterocycles. The molecule has 1 fully saturated rings. The molecule has 1 N–H and O–H groups in total. The van der Waals surface area contributed by atoms with Gasteiger partial charge in [0.15, 0.2) is 5.82 Å². The number of hydrogen-bond donors (Lipinski definition) is 1. The molecule has 0 aromatic carbocycles. The van der Waals surface area contributed by atoms with Crippen molar-refractivity contribution in [1.82, 2.24) is 30.4 Å². The Hall–Kier alpha value is -1.01. The van der Waals surface area contributed by atoms with Gasteiger partial charge in [-0.05, 0) is 42.8 Å². The molecule has 1 aliphatic rings. The summed E-state index contributed by atoms with van der Waals surface area (Å²) in [5.74, 6) is 0.990. The molecule has 0 spiro atoms. The number of aromatic nitrogens is 4. The van der Waals surface area contributed by atoms with E-state index in [0.717, 1.165) is 45.0 Å². The number of tetrazole rings is 1. The van der Waals surface area contributed by atoms with Gasteiger partial charge in [0.1, 0.15) is 0 Å². The predicted molar refractivity (Wildman–Crippen MR) is 70.1 cm³/mol. The fourth-order valence-electron chi connectivity index (χ4n) is 2.55. The maximum atomic E-state index is 4.16. The predicted octanol–water partition coefficient (Wildman–Crippen LogP) is 0.657. The SMILES string of the molecule is CCCn1nnnc1CN(CC)C1CCCNC1. The number of likely N-dealkylation sites (N-methyl/N-ethyl adjacent to an activating group) is 1. The van der Waals surface area contributed by atoms with Crippen LogP contribution in [0.5, 0.6) is 0 Å². The van der Waals surface area contributed by atoms with E-state index in [-0.39, 0.29) is 0 Å². The molecule has 2 heterocycles. The van der Waals surface area contributed by atoms with Gasteiger partial charge in [-0.2, -0.15) is 0 Å². The number of aryl methyl sites for hydroxylation is 1. The van der Waals surface area contributed by atoms with Gasteiger partial charge in [0.05, 0.1) is 6.54 Å².